The van der Waals surface area contributed by atoms with Crippen molar-refractivity contribution in [1.82, 2.24) is 4.98 Å². The number of hydrogen-bond acceptors (Lipinski definition) is 3. The molecular formula is C8H6ClF2NO3. The fourth-order valence-electron chi connectivity index (χ4n) is 1.09. The second-order valence-electron chi connectivity index (χ2n) is 2.70. The van der Waals surface area contributed by atoms with Gasteiger partial charge in [-0.3, -0.25) is 4.79 Å². The van der Waals surface area contributed by atoms with Crippen LogP contribution in [-0.2, 0) is 11.2 Å². The quantitative estimate of drug-likeness (QED) is 0.789. The third kappa shape index (κ3) is 2.53. The van der Waals surface area contributed by atoms with Crippen LogP contribution in [0.5, 0.6) is 5.75 Å². The molecule has 0 spiro atoms. The van der Waals surface area contributed by atoms with Crippen molar-refractivity contribution >= 4 is 17.6 Å². The fraction of sp³-hybridized carbons (Fsp3) is 0.250. The summed E-state index contributed by atoms with van der Waals surface area (Å²) in [5.41, 5.74) is -1.14. The molecule has 15 heavy (non-hydrogen) atoms. The van der Waals surface area contributed by atoms with E-state index in [0.717, 1.165) is 6.20 Å². The van der Waals surface area contributed by atoms with Gasteiger partial charge in [0.05, 0.1) is 18.2 Å². The fourth-order valence-corrected chi connectivity index (χ4v) is 1.31. The Labute approximate surface area is 88.1 Å². The average Bonchev–Trinajstić information content (AvgIpc) is 2.10. The van der Waals surface area contributed by atoms with Gasteiger partial charge in [-0.05, 0) is 0 Å². The highest BCUT2D eigenvalue weighted by atomic mass is 35.5. The van der Waals surface area contributed by atoms with Crippen LogP contribution in [0.3, 0.4) is 0 Å². The molecule has 1 rings (SSSR count). The van der Waals surface area contributed by atoms with Gasteiger partial charge in [0.15, 0.2) is 0 Å². The molecule has 0 aliphatic heterocycles. The number of hydrogen-bond donors (Lipinski definition) is 2. The van der Waals surface area contributed by atoms with Crippen LogP contribution in [0.25, 0.3) is 0 Å². The van der Waals surface area contributed by atoms with Gasteiger partial charge in [0.1, 0.15) is 10.9 Å². The van der Waals surface area contributed by atoms with Crippen LogP contribution in [-0.4, -0.2) is 21.2 Å². The van der Waals surface area contributed by atoms with Crippen LogP contribution in [0.1, 0.15) is 17.6 Å². The lowest BCUT2D eigenvalue weighted by Crippen LogP contribution is -2.06. The predicted molar refractivity (Wildman–Crippen MR) is 47.2 cm³/mol. The minimum atomic E-state index is -3.00. The number of aliphatic carboxylic acids is 1. The first-order valence-electron chi connectivity index (χ1n) is 3.79. The molecule has 0 bridgehead atoms. The number of carbonyl (C=O) groups is 1. The Morgan fingerprint density at radius 2 is 2.20 bits per heavy atom. The zero-order valence-corrected chi connectivity index (χ0v) is 8.00. The van der Waals surface area contributed by atoms with E-state index in [1.165, 1.54) is 0 Å². The summed E-state index contributed by atoms with van der Waals surface area (Å²) < 4.78 is 25.0. The molecule has 0 fully saturated rings. The van der Waals surface area contributed by atoms with Crippen LogP contribution >= 0.6 is 11.6 Å². The maximum absolute atomic E-state index is 12.5. The molecule has 0 amide bonds. The predicted octanol–water partition coefficient (Wildman–Crippen LogP) is 2.01. The first-order valence-corrected chi connectivity index (χ1v) is 4.17. The molecule has 2 N–H and O–H groups in total. The summed E-state index contributed by atoms with van der Waals surface area (Å²) >= 11 is 5.47. The van der Waals surface area contributed by atoms with E-state index in [4.69, 9.17) is 21.8 Å². The molecule has 1 heterocycles. The Balaban J connectivity index is 3.31. The van der Waals surface area contributed by atoms with Crippen LogP contribution in [0.2, 0.25) is 5.15 Å². The number of aromatic hydroxyl groups is 1. The van der Waals surface area contributed by atoms with Crippen LogP contribution in [0.4, 0.5) is 8.78 Å². The van der Waals surface area contributed by atoms with Crippen molar-refractivity contribution in [3.8, 4) is 5.75 Å². The molecule has 0 aliphatic carbocycles. The average molecular weight is 238 g/mol. The van der Waals surface area contributed by atoms with Gasteiger partial charge < -0.3 is 10.2 Å². The van der Waals surface area contributed by atoms with Gasteiger partial charge >= 0.3 is 5.97 Å². The minimum Gasteiger partial charge on any atom is -0.506 e. The van der Waals surface area contributed by atoms with Gasteiger partial charge in [-0.2, -0.15) is 0 Å². The van der Waals surface area contributed by atoms with Gasteiger partial charge in [-0.25, -0.2) is 13.8 Å². The van der Waals surface area contributed by atoms with Gasteiger partial charge in [-0.1, -0.05) is 11.6 Å². The number of pyridine rings is 1. The molecule has 1 aromatic heterocycles. The zero-order valence-electron chi connectivity index (χ0n) is 7.25. The van der Waals surface area contributed by atoms with E-state index in [-0.39, 0.29) is 10.7 Å². The van der Waals surface area contributed by atoms with Crippen molar-refractivity contribution in [3.05, 3.63) is 22.5 Å². The number of rotatable bonds is 3. The minimum absolute atomic E-state index is 0.342. The van der Waals surface area contributed by atoms with Crippen molar-refractivity contribution in [2.24, 2.45) is 0 Å². The second kappa shape index (κ2) is 4.39. The van der Waals surface area contributed by atoms with Crippen molar-refractivity contribution in [2.45, 2.75) is 12.8 Å². The van der Waals surface area contributed by atoms with E-state index in [9.17, 15) is 13.6 Å². The summed E-state index contributed by atoms with van der Waals surface area (Å²) in [6.45, 7) is 0. The molecule has 0 aromatic carbocycles. The Bertz CT molecular complexity index is 398. The normalized spacial score (nSPS) is 10.7. The highest BCUT2D eigenvalue weighted by Crippen LogP contribution is 2.34. The summed E-state index contributed by atoms with van der Waals surface area (Å²) in [4.78, 5) is 13.8. The molecule has 0 aliphatic rings. The van der Waals surface area contributed by atoms with E-state index in [1.807, 2.05) is 0 Å². The standard InChI is InChI=1S/C8H6ClF2NO3/c9-7-3(1-5(14)15)6(8(10)11)4(13)2-12-7/h2,8,13H,1H2,(H,14,15). The molecular weight excluding hydrogens is 232 g/mol. The lowest BCUT2D eigenvalue weighted by molar-refractivity contribution is -0.136. The molecule has 7 heteroatoms. The van der Waals surface area contributed by atoms with Gasteiger partial charge in [0.25, 0.3) is 6.43 Å². The summed E-state index contributed by atoms with van der Waals surface area (Å²) in [6, 6.07) is 0. The Kier molecular flexibility index (Phi) is 3.41. The summed E-state index contributed by atoms with van der Waals surface area (Å²) in [7, 11) is 0. The number of halogens is 3. The number of carboxylic acids is 1. The van der Waals surface area contributed by atoms with Gasteiger partial charge in [-0.15, -0.1) is 0 Å². The molecule has 0 saturated carbocycles. The van der Waals surface area contributed by atoms with Crippen LogP contribution in [0, 0.1) is 0 Å². The third-order valence-corrected chi connectivity index (χ3v) is 2.02. The summed E-state index contributed by atoms with van der Waals surface area (Å²) in [6.07, 6.45) is -2.95. The molecule has 0 unspecified atom stereocenters. The largest absolute Gasteiger partial charge is 0.506 e. The van der Waals surface area contributed by atoms with Crippen LogP contribution in [0.15, 0.2) is 6.20 Å². The first-order chi connectivity index (χ1) is 6.93. The van der Waals surface area contributed by atoms with Crippen molar-refractivity contribution in [3.63, 3.8) is 0 Å². The molecule has 0 atom stereocenters. The van der Waals surface area contributed by atoms with E-state index in [0.29, 0.717) is 0 Å². The summed E-state index contributed by atoms with van der Waals surface area (Å²) in [5, 5.41) is 17.2. The second-order valence-corrected chi connectivity index (χ2v) is 3.06. The van der Waals surface area contributed by atoms with Crippen LogP contribution < -0.4 is 0 Å². The molecule has 0 radical (unpaired) electrons. The third-order valence-electron chi connectivity index (χ3n) is 1.70. The first kappa shape index (κ1) is 11.6. The highest BCUT2D eigenvalue weighted by molar-refractivity contribution is 6.30. The highest BCUT2D eigenvalue weighted by Gasteiger charge is 2.22. The molecule has 82 valence electrons. The molecule has 1 aromatic rings. The molecule has 4 nitrogen and oxygen atoms in total. The zero-order chi connectivity index (χ0) is 11.6. The van der Waals surface area contributed by atoms with Crippen molar-refractivity contribution in [2.75, 3.05) is 0 Å². The SMILES string of the molecule is O=C(O)Cc1c(Cl)ncc(O)c1C(F)F. The Morgan fingerprint density at radius 1 is 1.60 bits per heavy atom. The lowest BCUT2D eigenvalue weighted by Gasteiger charge is -2.09. The molecule has 0 saturated heterocycles. The van der Waals surface area contributed by atoms with E-state index in [1.54, 1.807) is 0 Å². The number of aromatic nitrogens is 1. The van der Waals surface area contributed by atoms with Gasteiger partial charge in [0, 0.05) is 5.56 Å². The lowest BCUT2D eigenvalue weighted by atomic mass is 10.1. The smallest absolute Gasteiger partial charge is 0.307 e. The summed E-state index contributed by atoms with van der Waals surface area (Å²) in [5.74, 6) is -2.09. The maximum atomic E-state index is 12.5. The van der Waals surface area contributed by atoms with E-state index in [2.05, 4.69) is 4.98 Å². The maximum Gasteiger partial charge on any atom is 0.307 e. The topological polar surface area (TPSA) is 70.4 Å². The Morgan fingerprint density at radius 3 is 2.67 bits per heavy atom. The van der Waals surface area contributed by atoms with Gasteiger partial charge in [0.2, 0.25) is 0 Å². The number of alkyl halides is 2. The monoisotopic (exact) mass is 237 g/mol. The Hall–Kier alpha value is -1.43. The van der Waals surface area contributed by atoms with Crippen molar-refractivity contribution < 1.29 is 23.8 Å². The number of nitrogens with zero attached hydrogens (tertiary/aromatic N) is 1. The van der Waals surface area contributed by atoms with E-state index >= 15 is 0 Å². The van der Waals surface area contributed by atoms with Crippen molar-refractivity contribution in [1.29, 1.82) is 0 Å². The number of carboxylic acid groups (broad SMARTS) is 1. The van der Waals surface area contributed by atoms with E-state index < -0.39 is 30.1 Å².